The van der Waals surface area contributed by atoms with Crippen LogP contribution in [0.15, 0.2) is 30.3 Å². The molecular formula is C16H24N2S. The lowest BCUT2D eigenvalue weighted by molar-refractivity contribution is 0.615. The van der Waals surface area contributed by atoms with E-state index in [-0.39, 0.29) is 0 Å². The first kappa shape index (κ1) is 14.3. The van der Waals surface area contributed by atoms with E-state index in [9.17, 15) is 0 Å². The molecule has 2 rings (SSSR count). The molecule has 1 aliphatic rings. The SMILES string of the molecule is S=C(NCCCCc1ccccc1)NC1CCCC1. The van der Waals surface area contributed by atoms with Crippen LogP contribution in [-0.4, -0.2) is 17.7 Å². The maximum Gasteiger partial charge on any atom is 0.166 e. The first-order valence-electron chi connectivity index (χ1n) is 7.43. The average Bonchev–Trinajstić information content (AvgIpc) is 2.92. The quantitative estimate of drug-likeness (QED) is 0.615. The highest BCUT2D eigenvalue weighted by Crippen LogP contribution is 2.17. The summed E-state index contributed by atoms with van der Waals surface area (Å²) in [5, 5.41) is 7.56. The van der Waals surface area contributed by atoms with Crippen molar-refractivity contribution in [3.8, 4) is 0 Å². The van der Waals surface area contributed by atoms with Crippen LogP contribution < -0.4 is 10.6 Å². The second-order valence-corrected chi connectivity index (χ2v) is 5.73. The maximum atomic E-state index is 5.31. The molecule has 0 saturated heterocycles. The van der Waals surface area contributed by atoms with E-state index < -0.39 is 0 Å². The fraction of sp³-hybridized carbons (Fsp3) is 0.562. The van der Waals surface area contributed by atoms with Crippen molar-refractivity contribution < 1.29 is 0 Å². The minimum Gasteiger partial charge on any atom is -0.363 e. The molecule has 1 aromatic rings. The first-order chi connectivity index (χ1) is 9.34. The van der Waals surface area contributed by atoms with Crippen molar-refractivity contribution in [3.05, 3.63) is 35.9 Å². The van der Waals surface area contributed by atoms with Gasteiger partial charge in [-0.3, -0.25) is 0 Å². The van der Waals surface area contributed by atoms with Crippen molar-refractivity contribution in [1.29, 1.82) is 0 Å². The van der Waals surface area contributed by atoms with Crippen molar-refractivity contribution >= 4 is 17.3 Å². The van der Waals surface area contributed by atoms with E-state index >= 15 is 0 Å². The van der Waals surface area contributed by atoms with Gasteiger partial charge in [0, 0.05) is 12.6 Å². The van der Waals surface area contributed by atoms with Crippen LogP contribution in [0.1, 0.15) is 44.1 Å². The van der Waals surface area contributed by atoms with Crippen LogP contribution in [0.25, 0.3) is 0 Å². The molecule has 0 heterocycles. The monoisotopic (exact) mass is 276 g/mol. The first-order valence-corrected chi connectivity index (χ1v) is 7.84. The van der Waals surface area contributed by atoms with Crippen molar-refractivity contribution in [3.63, 3.8) is 0 Å². The van der Waals surface area contributed by atoms with Gasteiger partial charge < -0.3 is 10.6 Å². The van der Waals surface area contributed by atoms with E-state index in [1.165, 1.54) is 44.1 Å². The number of benzene rings is 1. The third-order valence-corrected chi connectivity index (χ3v) is 3.97. The van der Waals surface area contributed by atoms with Crippen LogP contribution in [0.2, 0.25) is 0 Å². The standard InChI is InChI=1S/C16H24N2S/c19-16(18-15-11-4-5-12-15)17-13-7-6-10-14-8-2-1-3-9-14/h1-3,8-9,15H,4-7,10-13H2,(H2,17,18,19). The molecule has 0 spiro atoms. The Morgan fingerprint density at radius 1 is 1.11 bits per heavy atom. The van der Waals surface area contributed by atoms with Crippen molar-refractivity contribution in [2.45, 2.75) is 51.0 Å². The molecule has 0 aromatic heterocycles. The van der Waals surface area contributed by atoms with Crippen molar-refractivity contribution in [2.24, 2.45) is 0 Å². The molecule has 1 saturated carbocycles. The number of nitrogens with one attached hydrogen (secondary N) is 2. The number of unbranched alkanes of at least 4 members (excludes halogenated alkanes) is 1. The molecule has 0 bridgehead atoms. The lowest BCUT2D eigenvalue weighted by Crippen LogP contribution is -2.40. The number of thiocarbonyl (C=S) groups is 1. The summed E-state index contributed by atoms with van der Waals surface area (Å²) in [6, 6.07) is 11.3. The largest absolute Gasteiger partial charge is 0.363 e. The molecule has 0 unspecified atom stereocenters. The number of hydrogen-bond donors (Lipinski definition) is 2. The Morgan fingerprint density at radius 3 is 2.58 bits per heavy atom. The zero-order valence-electron chi connectivity index (χ0n) is 11.5. The summed E-state index contributed by atoms with van der Waals surface area (Å²) >= 11 is 5.31. The number of hydrogen-bond acceptors (Lipinski definition) is 1. The van der Waals surface area contributed by atoms with Gasteiger partial charge in [-0.05, 0) is 49.9 Å². The molecule has 1 aromatic carbocycles. The van der Waals surface area contributed by atoms with Crippen molar-refractivity contribution in [1.82, 2.24) is 10.6 Å². The molecule has 2 nitrogen and oxygen atoms in total. The number of aryl methyl sites for hydroxylation is 1. The lowest BCUT2D eigenvalue weighted by atomic mass is 10.1. The number of rotatable bonds is 6. The molecule has 1 aliphatic carbocycles. The average molecular weight is 276 g/mol. The van der Waals surface area contributed by atoms with Crippen LogP contribution in [0, 0.1) is 0 Å². The Labute approximate surface area is 122 Å². The van der Waals surface area contributed by atoms with Crippen LogP contribution in [0.3, 0.4) is 0 Å². The Kier molecular flexibility index (Phi) is 6.15. The van der Waals surface area contributed by atoms with Gasteiger partial charge in [0.2, 0.25) is 0 Å². The van der Waals surface area contributed by atoms with Gasteiger partial charge in [0.05, 0.1) is 0 Å². The van der Waals surface area contributed by atoms with Gasteiger partial charge in [-0.2, -0.15) is 0 Å². The van der Waals surface area contributed by atoms with Gasteiger partial charge in [0.15, 0.2) is 5.11 Å². The van der Waals surface area contributed by atoms with Gasteiger partial charge in [0.1, 0.15) is 0 Å². The smallest absolute Gasteiger partial charge is 0.166 e. The normalized spacial score (nSPS) is 15.4. The van der Waals surface area contributed by atoms with E-state index in [1.54, 1.807) is 0 Å². The highest BCUT2D eigenvalue weighted by Gasteiger charge is 2.14. The fourth-order valence-electron chi connectivity index (χ4n) is 2.61. The molecule has 2 N–H and O–H groups in total. The third kappa shape index (κ3) is 5.60. The lowest BCUT2D eigenvalue weighted by Gasteiger charge is -2.15. The van der Waals surface area contributed by atoms with E-state index in [4.69, 9.17) is 12.2 Å². The molecule has 19 heavy (non-hydrogen) atoms. The maximum absolute atomic E-state index is 5.31. The Hall–Kier alpha value is -1.09. The Morgan fingerprint density at radius 2 is 1.84 bits per heavy atom. The molecule has 0 atom stereocenters. The second kappa shape index (κ2) is 8.16. The summed E-state index contributed by atoms with van der Waals surface area (Å²) in [6.45, 7) is 0.978. The topological polar surface area (TPSA) is 24.1 Å². The van der Waals surface area contributed by atoms with Crippen molar-refractivity contribution in [2.75, 3.05) is 6.54 Å². The summed E-state index contributed by atoms with van der Waals surface area (Å²) in [7, 11) is 0. The van der Waals surface area contributed by atoms with E-state index in [0.29, 0.717) is 6.04 Å². The van der Waals surface area contributed by atoms with Gasteiger partial charge in [-0.25, -0.2) is 0 Å². The summed E-state index contributed by atoms with van der Waals surface area (Å²) in [5.41, 5.74) is 1.43. The van der Waals surface area contributed by atoms with Gasteiger partial charge in [-0.1, -0.05) is 43.2 Å². The van der Waals surface area contributed by atoms with Crippen LogP contribution >= 0.6 is 12.2 Å². The minimum absolute atomic E-state index is 0.615. The van der Waals surface area contributed by atoms with E-state index in [1.807, 2.05) is 0 Å². The molecule has 3 heteroatoms. The van der Waals surface area contributed by atoms with Gasteiger partial charge in [0.25, 0.3) is 0 Å². The highest BCUT2D eigenvalue weighted by molar-refractivity contribution is 7.80. The zero-order chi connectivity index (χ0) is 13.3. The van der Waals surface area contributed by atoms with Gasteiger partial charge >= 0.3 is 0 Å². The van der Waals surface area contributed by atoms with Crippen LogP contribution in [0.4, 0.5) is 0 Å². The Balaban J connectivity index is 1.50. The highest BCUT2D eigenvalue weighted by atomic mass is 32.1. The summed E-state index contributed by atoms with van der Waals surface area (Å²) in [5.74, 6) is 0. The molecule has 0 amide bonds. The van der Waals surface area contributed by atoms with Gasteiger partial charge in [-0.15, -0.1) is 0 Å². The fourth-order valence-corrected chi connectivity index (χ4v) is 2.88. The van der Waals surface area contributed by atoms with Crippen LogP contribution in [0.5, 0.6) is 0 Å². The van der Waals surface area contributed by atoms with E-state index in [0.717, 1.165) is 18.1 Å². The van der Waals surface area contributed by atoms with E-state index in [2.05, 4.69) is 41.0 Å². The summed E-state index contributed by atoms with van der Waals surface area (Å²) < 4.78 is 0. The second-order valence-electron chi connectivity index (χ2n) is 5.32. The minimum atomic E-state index is 0.615. The summed E-state index contributed by atoms with van der Waals surface area (Å²) in [6.07, 6.45) is 8.77. The van der Waals surface area contributed by atoms with Crippen LogP contribution in [-0.2, 0) is 6.42 Å². The molecule has 0 radical (unpaired) electrons. The predicted molar refractivity (Wildman–Crippen MR) is 85.4 cm³/mol. The Bertz CT molecular complexity index is 372. The summed E-state index contributed by atoms with van der Waals surface area (Å²) in [4.78, 5) is 0. The molecule has 104 valence electrons. The molecular weight excluding hydrogens is 252 g/mol. The molecule has 1 fully saturated rings. The zero-order valence-corrected chi connectivity index (χ0v) is 12.3. The third-order valence-electron chi connectivity index (χ3n) is 3.71. The molecule has 0 aliphatic heterocycles. The predicted octanol–water partition coefficient (Wildman–Crippen LogP) is 3.42.